The summed E-state index contributed by atoms with van der Waals surface area (Å²) >= 11 is 0. The molecule has 1 amide bonds. The average Bonchev–Trinajstić information content (AvgIpc) is 2.62. The minimum absolute atomic E-state index is 0.0465. The molecule has 24 heavy (non-hydrogen) atoms. The smallest absolute Gasteiger partial charge is 0.239 e. The molecule has 0 atom stereocenters. The van der Waals surface area contributed by atoms with E-state index in [1.54, 1.807) is 7.11 Å². The molecule has 0 fully saturated rings. The van der Waals surface area contributed by atoms with Crippen LogP contribution in [0.2, 0.25) is 0 Å². The molecule has 0 aliphatic carbocycles. The fourth-order valence-electron chi connectivity index (χ4n) is 2.27. The van der Waals surface area contributed by atoms with Gasteiger partial charge in [0.2, 0.25) is 5.91 Å². The van der Waals surface area contributed by atoms with E-state index >= 15 is 0 Å². The van der Waals surface area contributed by atoms with Crippen molar-refractivity contribution in [3.8, 4) is 11.5 Å². The van der Waals surface area contributed by atoms with E-state index < -0.39 is 0 Å². The minimum atomic E-state index is -0.0465. The number of ether oxygens (including phenoxy) is 2. The second-order valence-electron chi connectivity index (χ2n) is 5.23. The number of carbonyl (C=O) groups excluding carboxylic acids is 1. The van der Waals surface area contributed by atoms with Gasteiger partial charge in [-0.2, -0.15) is 0 Å². The van der Waals surface area contributed by atoms with Gasteiger partial charge in [-0.1, -0.05) is 24.3 Å². The number of anilines is 1. The highest BCUT2D eigenvalue weighted by molar-refractivity contribution is 5.81. The standard InChI is InChI=1S/C19H24N2O3/c1-3-24-18-7-5-4-6-17(18)21-14-19(22)20-13-12-15-8-10-16(23-2)11-9-15/h4-11,21H,3,12-14H2,1-2H3,(H,20,22). The van der Waals surface area contributed by atoms with Crippen molar-refractivity contribution in [1.82, 2.24) is 5.32 Å². The Morgan fingerprint density at radius 3 is 2.54 bits per heavy atom. The molecular weight excluding hydrogens is 304 g/mol. The Hall–Kier alpha value is -2.69. The Morgan fingerprint density at radius 2 is 1.83 bits per heavy atom. The predicted octanol–water partition coefficient (Wildman–Crippen LogP) is 2.86. The molecule has 0 saturated carbocycles. The highest BCUT2D eigenvalue weighted by Gasteiger charge is 2.05. The fraction of sp³-hybridized carbons (Fsp3) is 0.316. The van der Waals surface area contributed by atoms with Gasteiger partial charge in [0.1, 0.15) is 11.5 Å². The number of rotatable bonds is 9. The van der Waals surface area contributed by atoms with Crippen LogP contribution < -0.4 is 20.1 Å². The highest BCUT2D eigenvalue weighted by Crippen LogP contribution is 2.23. The normalized spacial score (nSPS) is 10.1. The molecule has 0 aliphatic heterocycles. The molecule has 0 radical (unpaired) electrons. The van der Waals surface area contributed by atoms with Crippen LogP contribution in [0, 0.1) is 0 Å². The quantitative estimate of drug-likeness (QED) is 0.743. The molecule has 0 spiro atoms. The van der Waals surface area contributed by atoms with E-state index in [1.807, 2.05) is 55.5 Å². The van der Waals surface area contributed by atoms with E-state index in [1.165, 1.54) is 0 Å². The van der Waals surface area contributed by atoms with E-state index in [0.29, 0.717) is 13.2 Å². The lowest BCUT2D eigenvalue weighted by Crippen LogP contribution is -2.31. The topological polar surface area (TPSA) is 59.6 Å². The van der Waals surface area contributed by atoms with Gasteiger partial charge in [-0.3, -0.25) is 4.79 Å². The van der Waals surface area contributed by atoms with Crippen LogP contribution in [-0.2, 0) is 11.2 Å². The molecule has 0 bridgehead atoms. The molecule has 2 rings (SSSR count). The van der Waals surface area contributed by atoms with E-state index in [4.69, 9.17) is 9.47 Å². The molecule has 0 heterocycles. The van der Waals surface area contributed by atoms with E-state index in [0.717, 1.165) is 29.2 Å². The summed E-state index contributed by atoms with van der Waals surface area (Å²) in [4.78, 5) is 11.9. The summed E-state index contributed by atoms with van der Waals surface area (Å²) < 4.78 is 10.6. The first kappa shape index (κ1) is 17.7. The van der Waals surface area contributed by atoms with Crippen LogP contribution in [0.4, 0.5) is 5.69 Å². The van der Waals surface area contributed by atoms with Crippen molar-refractivity contribution in [3.63, 3.8) is 0 Å². The molecule has 0 unspecified atom stereocenters. The van der Waals surface area contributed by atoms with Gasteiger partial charge < -0.3 is 20.1 Å². The van der Waals surface area contributed by atoms with E-state index in [2.05, 4.69) is 10.6 Å². The summed E-state index contributed by atoms with van der Waals surface area (Å²) in [5.41, 5.74) is 1.98. The Balaban J connectivity index is 1.73. The fourth-order valence-corrected chi connectivity index (χ4v) is 2.27. The third kappa shape index (κ3) is 5.50. The van der Waals surface area contributed by atoms with Crippen LogP contribution in [0.15, 0.2) is 48.5 Å². The zero-order valence-electron chi connectivity index (χ0n) is 14.2. The maximum absolute atomic E-state index is 11.9. The molecule has 0 aromatic heterocycles. The average molecular weight is 328 g/mol. The molecule has 2 N–H and O–H groups in total. The van der Waals surface area contributed by atoms with Crippen LogP contribution in [-0.4, -0.2) is 32.7 Å². The number of methoxy groups -OCH3 is 1. The Morgan fingerprint density at radius 1 is 1.08 bits per heavy atom. The van der Waals surface area contributed by atoms with Gasteiger partial charge in [-0.15, -0.1) is 0 Å². The van der Waals surface area contributed by atoms with Crippen LogP contribution in [0.25, 0.3) is 0 Å². The lowest BCUT2D eigenvalue weighted by atomic mass is 10.1. The van der Waals surface area contributed by atoms with Crippen LogP contribution >= 0.6 is 0 Å². The summed E-state index contributed by atoms with van der Waals surface area (Å²) in [6, 6.07) is 15.4. The summed E-state index contributed by atoms with van der Waals surface area (Å²) in [7, 11) is 1.64. The van der Waals surface area contributed by atoms with Crippen LogP contribution in [0.3, 0.4) is 0 Å². The lowest BCUT2D eigenvalue weighted by Gasteiger charge is -2.12. The molecular formula is C19H24N2O3. The Bertz CT molecular complexity index is 641. The number of carbonyl (C=O) groups is 1. The van der Waals surface area contributed by atoms with Gasteiger partial charge in [0, 0.05) is 6.54 Å². The molecule has 0 aliphatic rings. The second-order valence-corrected chi connectivity index (χ2v) is 5.23. The van der Waals surface area contributed by atoms with Gasteiger partial charge in [0.15, 0.2) is 0 Å². The second kappa shape index (κ2) is 9.45. The summed E-state index contributed by atoms with van der Waals surface area (Å²) in [5, 5.41) is 6.02. The summed E-state index contributed by atoms with van der Waals surface area (Å²) in [5.74, 6) is 1.54. The van der Waals surface area contributed by atoms with Gasteiger partial charge in [0.05, 0.1) is 25.9 Å². The SMILES string of the molecule is CCOc1ccccc1NCC(=O)NCCc1ccc(OC)cc1. The molecule has 5 heteroatoms. The van der Waals surface area contributed by atoms with Gasteiger partial charge in [0.25, 0.3) is 0 Å². The number of hydrogen-bond acceptors (Lipinski definition) is 4. The first-order valence-corrected chi connectivity index (χ1v) is 8.08. The molecule has 0 saturated heterocycles. The van der Waals surface area contributed by atoms with Crippen molar-refractivity contribution in [2.45, 2.75) is 13.3 Å². The van der Waals surface area contributed by atoms with Gasteiger partial charge in [-0.05, 0) is 43.2 Å². The largest absolute Gasteiger partial charge is 0.497 e. The first-order chi connectivity index (χ1) is 11.7. The number of nitrogens with one attached hydrogen (secondary N) is 2. The number of amides is 1. The minimum Gasteiger partial charge on any atom is -0.497 e. The summed E-state index contributed by atoms with van der Waals surface area (Å²) in [6.07, 6.45) is 0.783. The van der Waals surface area contributed by atoms with Crippen molar-refractivity contribution >= 4 is 11.6 Å². The van der Waals surface area contributed by atoms with Gasteiger partial charge >= 0.3 is 0 Å². The van der Waals surface area contributed by atoms with Crippen molar-refractivity contribution in [2.24, 2.45) is 0 Å². The lowest BCUT2D eigenvalue weighted by molar-refractivity contribution is -0.119. The monoisotopic (exact) mass is 328 g/mol. The zero-order valence-corrected chi connectivity index (χ0v) is 14.2. The number of benzene rings is 2. The van der Waals surface area contributed by atoms with E-state index in [-0.39, 0.29) is 12.5 Å². The molecule has 128 valence electrons. The Labute approximate surface area is 143 Å². The molecule has 2 aromatic carbocycles. The summed E-state index contributed by atoms with van der Waals surface area (Å²) in [6.45, 7) is 3.34. The molecule has 2 aromatic rings. The van der Waals surface area contributed by atoms with Crippen LogP contribution in [0.1, 0.15) is 12.5 Å². The van der Waals surface area contributed by atoms with Crippen molar-refractivity contribution < 1.29 is 14.3 Å². The maximum atomic E-state index is 11.9. The van der Waals surface area contributed by atoms with E-state index in [9.17, 15) is 4.79 Å². The number of hydrogen-bond donors (Lipinski definition) is 2. The third-order valence-corrected chi connectivity index (χ3v) is 3.52. The predicted molar refractivity (Wildman–Crippen MR) is 95.8 cm³/mol. The van der Waals surface area contributed by atoms with Crippen molar-refractivity contribution in [2.75, 3.05) is 32.1 Å². The zero-order chi connectivity index (χ0) is 17.2. The van der Waals surface area contributed by atoms with Gasteiger partial charge in [-0.25, -0.2) is 0 Å². The first-order valence-electron chi connectivity index (χ1n) is 8.08. The van der Waals surface area contributed by atoms with Crippen LogP contribution in [0.5, 0.6) is 11.5 Å². The molecule has 5 nitrogen and oxygen atoms in total. The maximum Gasteiger partial charge on any atom is 0.239 e. The number of para-hydroxylation sites is 2. The third-order valence-electron chi connectivity index (χ3n) is 3.52. The highest BCUT2D eigenvalue weighted by atomic mass is 16.5. The van der Waals surface area contributed by atoms with Crippen molar-refractivity contribution in [3.05, 3.63) is 54.1 Å². The van der Waals surface area contributed by atoms with Crippen molar-refractivity contribution in [1.29, 1.82) is 0 Å². The Kier molecular flexibility index (Phi) is 6.95.